The van der Waals surface area contributed by atoms with Crippen molar-refractivity contribution in [1.82, 2.24) is 4.90 Å². The summed E-state index contributed by atoms with van der Waals surface area (Å²) in [6.45, 7) is 3.23. The zero-order chi connectivity index (χ0) is 14.2. The first-order chi connectivity index (χ1) is 9.69. The van der Waals surface area contributed by atoms with E-state index in [0.717, 1.165) is 12.8 Å². The molecule has 4 nitrogen and oxygen atoms in total. The van der Waals surface area contributed by atoms with Gasteiger partial charge in [0, 0.05) is 19.1 Å². The van der Waals surface area contributed by atoms with Gasteiger partial charge in [0.15, 0.2) is 0 Å². The predicted molar refractivity (Wildman–Crippen MR) is 76.2 cm³/mol. The van der Waals surface area contributed by atoms with E-state index >= 15 is 0 Å². The lowest BCUT2D eigenvalue weighted by Crippen LogP contribution is -2.65. The second-order valence-electron chi connectivity index (χ2n) is 6.87. The van der Waals surface area contributed by atoms with Gasteiger partial charge >= 0.3 is 0 Å². The number of ether oxygens (including phenoxy) is 2. The number of carbonyl (C=O) groups excluding carboxylic acids is 1. The first kappa shape index (κ1) is 14.3. The van der Waals surface area contributed by atoms with E-state index in [9.17, 15) is 4.79 Å². The molecule has 2 aliphatic heterocycles. The van der Waals surface area contributed by atoms with E-state index in [-0.39, 0.29) is 11.6 Å². The minimum absolute atomic E-state index is 0.161. The highest BCUT2D eigenvalue weighted by Gasteiger charge is 2.57. The second kappa shape index (κ2) is 5.64. The molecule has 0 bridgehead atoms. The molecule has 3 aliphatic rings. The van der Waals surface area contributed by atoms with Crippen LogP contribution in [0.2, 0.25) is 0 Å². The Labute approximate surface area is 121 Å². The molecule has 1 amide bonds. The summed E-state index contributed by atoms with van der Waals surface area (Å²) in [5.74, 6) is 1.63. The van der Waals surface area contributed by atoms with Crippen LogP contribution in [0.5, 0.6) is 0 Å². The third-order valence-electron chi connectivity index (χ3n) is 5.77. The van der Waals surface area contributed by atoms with Crippen molar-refractivity contribution in [2.75, 3.05) is 20.5 Å². The lowest BCUT2D eigenvalue weighted by atomic mass is 9.67. The molecule has 2 heterocycles. The van der Waals surface area contributed by atoms with Crippen LogP contribution in [0, 0.1) is 11.8 Å². The molecule has 4 heteroatoms. The summed E-state index contributed by atoms with van der Waals surface area (Å²) in [6.07, 6.45) is 8.03. The first-order valence-corrected chi connectivity index (χ1v) is 8.08. The summed E-state index contributed by atoms with van der Waals surface area (Å²) in [7, 11) is 1.64. The third kappa shape index (κ3) is 2.17. The zero-order valence-electron chi connectivity index (χ0n) is 12.8. The Hall–Kier alpha value is -0.610. The molecule has 20 heavy (non-hydrogen) atoms. The molecule has 1 spiro atoms. The average molecular weight is 281 g/mol. The number of piperidine rings is 2. The highest BCUT2D eigenvalue weighted by molar-refractivity contribution is 5.79. The zero-order valence-corrected chi connectivity index (χ0v) is 12.8. The highest BCUT2D eigenvalue weighted by atomic mass is 16.7. The monoisotopic (exact) mass is 281 g/mol. The summed E-state index contributed by atoms with van der Waals surface area (Å²) >= 11 is 0. The van der Waals surface area contributed by atoms with Gasteiger partial charge in [-0.25, -0.2) is 0 Å². The summed E-state index contributed by atoms with van der Waals surface area (Å²) in [6, 6.07) is 0.263. The van der Waals surface area contributed by atoms with Gasteiger partial charge in [-0.3, -0.25) is 4.79 Å². The van der Waals surface area contributed by atoms with Crippen LogP contribution in [0.1, 0.15) is 51.9 Å². The van der Waals surface area contributed by atoms with Crippen LogP contribution in [0.4, 0.5) is 0 Å². The van der Waals surface area contributed by atoms with Crippen LogP contribution < -0.4 is 0 Å². The van der Waals surface area contributed by atoms with Gasteiger partial charge in [0.25, 0.3) is 0 Å². The molecule has 0 radical (unpaired) electrons. The van der Waals surface area contributed by atoms with Crippen LogP contribution >= 0.6 is 0 Å². The standard InChI is InChI=1S/C16H27NO3/c1-12-9-15(18)17-13(10-20-11-19-2)5-3-7-16(17)8-4-6-14(12)16/h12-14H,3-11H2,1-2H3/t12-,13+,14+,16+/m0/s1. The molecule has 0 N–H and O–H groups in total. The van der Waals surface area contributed by atoms with Crippen molar-refractivity contribution in [2.45, 2.75) is 63.5 Å². The summed E-state index contributed by atoms with van der Waals surface area (Å²) in [5, 5.41) is 0. The van der Waals surface area contributed by atoms with Crippen molar-refractivity contribution >= 4 is 5.91 Å². The maximum absolute atomic E-state index is 12.7. The molecular weight excluding hydrogens is 254 g/mol. The Morgan fingerprint density at radius 2 is 2.05 bits per heavy atom. The smallest absolute Gasteiger partial charge is 0.223 e. The van der Waals surface area contributed by atoms with Crippen molar-refractivity contribution in [2.24, 2.45) is 11.8 Å². The number of carbonyl (C=O) groups is 1. The van der Waals surface area contributed by atoms with E-state index in [1.165, 1.54) is 32.1 Å². The number of hydrogen-bond acceptors (Lipinski definition) is 3. The minimum atomic E-state index is 0.161. The van der Waals surface area contributed by atoms with Gasteiger partial charge in [0.1, 0.15) is 6.79 Å². The summed E-state index contributed by atoms with van der Waals surface area (Å²) in [4.78, 5) is 14.9. The Balaban J connectivity index is 1.81. The molecule has 0 aromatic rings. The van der Waals surface area contributed by atoms with Gasteiger partial charge in [-0.15, -0.1) is 0 Å². The van der Waals surface area contributed by atoms with Crippen LogP contribution in [0.3, 0.4) is 0 Å². The minimum Gasteiger partial charge on any atom is -0.359 e. The van der Waals surface area contributed by atoms with Crippen molar-refractivity contribution in [3.8, 4) is 0 Å². The topological polar surface area (TPSA) is 38.8 Å². The quantitative estimate of drug-likeness (QED) is 0.587. The Bertz CT molecular complexity index is 373. The van der Waals surface area contributed by atoms with E-state index in [2.05, 4.69) is 11.8 Å². The van der Waals surface area contributed by atoms with Crippen LogP contribution in [0.25, 0.3) is 0 Å². The van der Waals surface area contributed by atoms with Gasteiger partial charge < -0.3 is 14.4 Å². The Morgan fingerprint density at radius 3 is 2.80 bits per heavy atom. The number of hydrogen-bond donors (Lipinski definition) is 0. The van der Waals surface area contributed by atoms with Crippen LogP contribution in [0.15, 0.2) is 0 Å². The summed E-state index contributed by atoms with van der Waals surface area (Å²) in [5.41, 5.74) is 0.161. The third-order valence-corrected chi connectivity index (χ3v) is 5.77. The van der Waals surface area contributed by atoms with Gasteiger partial charge in [-0.2, -0.15) is 0 Å². The van der Waals surface area contributed by atoms with E-state index in [4.69, 9.17) is 9.47 Å². The fraction of sp³-hybridized carbons (Fsp3) is 0.938. The maximum atomic E-state index is 12.7. The molecule has 3 rings (SSSR count). The molecule has 0 aromatic heterocycles. The van der Waals surface area contributed by atoms with Crippen molar-refractivity contribution in [3.63, 3.8) is 0 Å². The fourth-order valence-corrected chi connectivity index (χ4v) is 5.16. The van der Waals surface area contributed by atoms with Crippen molar-refractivity contribution in [3.05, 3.63) is 0 Å². The van der Waals surface area contributed by atoms with E-state index < -0.39 is 0 Å². The Kier molecular flexibility index (Phi) is 4.04. The number of amides is 1. The molecule has 4 atom stereocenters. The first-order valence-electron chi connectivity index (χ1n) is 8.08. The molecule has 114 valence electrons. The van der Waals surface area contributed by atoms with Crippen LogP contribution in [-0.2, 0) is 14.3 Å². The van der Waals surface area contributed by atoms with E-state index in [1.807, 2.05) is 0 Å². The maximum Gasteiger partial charge on any atom is 0.223 e. The molecule has 3 fully saturated rings. The van der Waals surface area contributed by atoms with Gasteiger partial charge in [0.05, 0.1) is 12.6 Å². The Morgan fingerprint density at radius 1 is 1.30 bits per heavy atom. The molecular formula is C16H27NO3. The van der Waals surface area contributed by atoms with E-state index in [1.54, 1.807) is 7.11 Å². The van der Waals surface area contributed by atoms with Crippen LogP contribution in [-0.4, -0.2) is 42.9 Å². The number of rotatable bonds is 4. The predicted octanol–water partition coefficient (Wildman–Crippen LogP) is 2.57. The lowest BCUT2D eigenvalue weighted by Gasteiger charge is -2.57. The lowest BCUT2D eigenvalue weighted by molar-refractivity contribution is -0.165. The molecule has 1 saturated carbocycles. The average Bonchev–Trinajstić information content (AvgIpc) is 2.83. The largest absolute Gasteiger partial charge is 0.359 e. The second-order valence-corrected chi connectivity index (χ2v) is 6.87. The number of methoxy groups -OCH3 is 1. The molecule has 0 aromatic carbocycles. The summed E-state index contributed by atoms with van der Waals surface area (Å²) < 4.78 is 10.5. The normalized spacial score (nSPS) is 40.6. The highest BCUT2D eigenvalue weighted by Crippen LogP contribution is 2.54. The fourth-order valence-electron chi connectivity index (χ4n) is 5.16. The molecule has 0 unspecified atom stereocenters. The van der Waals surface area contributed by atoms with Crippen molar-refractivity contribution in [1.29, 1.82) is 0 Å². The molecule has 1 aliphatic carbocycles. The van der Waals surface area contributed by atoms with Crippen molar-refractivity contribution < 1.29 is 14.3 Å². The SMILES string of the molecule is COCOC[C@H]1CCC[C@@]23CCC[C@@H]2[C@@H](C)CC(=O)N13. The van der Waals surface area contributed by atoms with E-state index in [0.29, 0.717) is 31.1 Å². The van der Waals surface area contributed by atoms with Gasteiger partial charge in [-0.1, -0.05) is 13.3 Å². The van der Waals surface area contributed by atoms with Gasteiger partial charge in [0.2, 0.25) is 5.91 Å². The number of nitrogens with zero attached hydrogens (tertiary/aromatic N) is 1. The molecule has 2 saturated heterocycles. The van der Waals surface area contributed by atoms with Gasteiger partial charge in [-0.05, 0) is 43.9 Å².